The second-order valence-corrected chi connectivity index (χ2v) is 5.99. The molecule has 1 fully saturated rings. The molecule has 116 valence electrons. The maximum atomic E-state index is 12.0. The van der Waals surface area contributed by atoms with Gasteiger partial charge in [-0.3, -0.25) is 9.59 Å². The lowest BCUT2D eigenvalue weighted by atomic mass is 9.85. The van der Waals surface area contributed by atoms with Gasteiger partial charge in [-0.05, 0) is 39.5 Å². The molecule has 0 radical (unpaired) electrons. The highest BCUT2D eigenvalue weighted by molar-refractivity contribution is 5.81. The number of hydrogen-bond donors (Lipinski definition) is 3. The molecule has 1 aliphatic carbocycles. The smallest absolute Gasteiger partial charge is 0.306 e. The standard InChI is InChI=1S/C15H28N2O3/c1-4-6-10(2)16-14(18)11(3)17-13-8-5-7-12(9-13)15(19)20/h10-13,17H,4-9H2,1-3H3,(H,16,18)(H,19,20). The van der Waals surface area contributed by atoms with Gasteiger partial charge in [-0.2, -0.15) is 0 Å². The van der Waals surface area contributed by atoms with Gasteiger partial charge in [-0.15, -0.1) is 0 Å². The van der Waals surface area contributed by atoms with Crippen molar-refractivity contribution in [2.75, 3.05) is 0 Å². The molecule has 5 nitrogen and oxygen atoms in total. The number of rotatable bonds is 7. The van der Waals surface area contributed by atoms with Crippen molar-refractivity contribution >= 4 is 11.9 Å². The van der Waals surface area contributed by atoms with Crippen molar-refractivity contribution in [1.29, 1.82) is 0 Å². The molecule has 0 saturated heterocycles. The molecule has 0 bridgehead atoms. The summed E-state index contributed by atoms with van der Waals surface area (Å²) in [5.41, 5.74) is 0. The first-order chi connectivity index (χ1) is 9.43. The molecular formula is C15H28N2O3. The van der Waals surface area contributed by atoms with E-state index in [2.05, 4.69) is 17.6 Å². The Morgan fingerprint density at radius 1 is 1.30 bits per heavy atom. The van der Waals surface area contributed by atoms with Crippen LogP contribution in [0.2, 0.25) is 0 Å². The molecule has 20 heavy (non-hydrogen) atoms. The fraction of sp³-hybridized carbons (Fsp3) is 0.867. The lowest BCUT2D eigenvalue weighted by Gasteiger charge is -2.30. The molecule has 0 aromatic rings. The number of aliphatic carboxylic acids is 1. The number of amides is 1. The topological polar surface area (TPSA) is 78.4 Å². The third-order valence-electron chi connectivity index (χ3n) is 4.01. The maximum Gasteiger partial charge on any atom is 0.306 e. The van der Waals surface area contributed by atoms with E-state index in [-0.39, 0.29) is 30.0 Å². The summed E-state index contributed by atoms with van der Waals surface area (Å²) < 4.78 is 0. The van der Waals surface area contributed by atoms with Crippen LogP contribution in [-0.2, 0) is 9.59 Å². The van der Waals surface area contributed by atoms with Crippen molar-refractivity contribution in [1.82, 2.24) is 10.6 Å². The predicted molar refractivity (Wildman–Crippen MR) is 78.5 cm³/mol. The van der Waals surface area contributed by atoms with Gasteiger partial charge >= 0.3 is 5.97 Å². The molecule has 1 rings (SSSR count). The van der Waals surface area contributed by atoms with Gasteiger partial charge in [0.2, 0.25) is 5.91 Å². The summed E-state index contributed by atoms with van der Waals surface area (Å²) in [6.45, 7) is 5.95. The van der Waals surface area contributed by atoms with E-state index in [1.807, 2.05) is 13.8 Å². The quantitative estimate of drug-likeness (QED) is 0.667. The summed E-state index contributed by atoms with van der Waals surface area (Å²) >= 11 is 0. The molecule has 5 heteroatoms. The van der Waals surface area contributed by atoms with Crippen molar-refractivity contribution in [2.45, 2.75) is 77.4 Å². The second kappa shape index (κ2) is 8.25. The zero-order valence-electron chi connectivity index (χ0n) is 12.8. The molecule has 4 unspecified atom stereocenters. The van der Waals surface area contributed by atoms with Crippen LogP contribution in [0.1, 0.15) is 59.3 Å². The van der Waals surface area contributed by atoms with E-state index in [0.717, 1.165) is 32.1 Å². The minimum absolute atomic E-state index is 0.00315. The van der Waals surface area contributed by atoms with Crippen LogP contribution in [0.15, 0.2) is 0 Å². The maximum absolute atomic E-state index is 12.0. The van der Waals surface area contributed by atoms with Crippen molar-refractivity contribution < 1.29 is 14.7 Å². The van der Waals surface area contributed by atoms with Gasteiger partial charge in [0.05, 0.1) is 12.0 Å². The number of nitrogens with one attached hydrogen (secondary N) is 2. The normalized spacial score (nSPS) is 25.8. The molecule has 1 aliphatic rings. The summed E-state index contributed by atoms with van der Waals surface area (Å²) in [6, 6.07) is 0.0498. The van der Waals surface area contributed by atoms with Crippen LogP contribution in [0.25, 0.3) is 0 Å². The number of hydrogen-bond acceptors (Lipinski definition) is 3. The zero-order chi connectivity index (χ0) is 15.1. The molecule has 4 atom stereocenters. The minimum Gasteiger partial charge on any atom is -0.481 e. The Hall–Kier alpha value is -1.10. The summed E-state index contributed by atoms with van der Waals surface area (Å²) in [4.78, 5) is 23.1. The first kappa shape index (κ1) is 17.0. The lowest BCUT2D eigenvalue weighted by Crippen LogP contribution is -2.50. The van der Waals surface area contributed by atoms with Crippen LogP contribution in [0.5, 0.6) is 0 Å². The second-order valence-electron chi connectivity index (χ2n) is 5.99. The van der Waals surface area contributed by atoms with E-state index in [0.29, 0.717) is 6.42 Å². The van der Waals surface area contributed by atoms with Crippen molar-refractivity contribution in [2.24, 2.45) is 5.92 Å². The molecule has 1 amide bonds. The van der Waals surface area contributed by atoms with Crippen LogP contribution < -0.4 is 10.6 Å². The van der Waals surface area contributed by atoms with E-state index in [4.69, 9.17) is 5.11 Å². The highest BCUT2D eigenvalue weighted by atomic mass is 16.4. The summed E-state index contributed by atoms with van der Waals surface area (Å²) in [5, 5.41) is 15.3. The van der Waals surface area contributed by atoms with E-state index in [1.54, 1.807) is 0 Å². The third-order valence-corrected chi connectivity index (χ3v) is 4.01. The Morgan fingerprint density at radius 3 is 2.60 bits per heavy atom. The van der Waals surface area contributed by atoms with Gasteiger partial charge in [0.1, 0.15) is 0 Å². The van der Waals surface area contributed by atoms with Crippen molar-refractivity contribution in [3.05, 3.63) is 0 Å². The Morgan fingerprint density at radius 2 is 2.00 bits per heavy atom. The van der Waals surface area contributed by atoms with Gasteiger partial charge in [0, 0.05) is 12.1 Å². The van der Waals surface area contributed by atoms with Crippen molar-refractivity contribution in [3.63, 3.8) is 0 Å². The average Bonchev–Trinajstić information content (AvgIpc) is 2.39. The van der Waals surface area contributed by atoms with E-state index in [9.17, 15) is 9.59 Å². The SMILES string of the molecule is CCCC(C)NC(=O)C(C)NC1CCCC(C(=O)O)C1. The van der Waals surface area contributed by atoms with Gasteiger partial charge in [0.25, 0.3) is 0 Å². The minimum atomic E-state index is -0.717. The molecule has 0 aromatic heterocycles. The van der Waals surface area contributed by atoms with Crippen LogP contribution in [-0.4, -0.2) is 35.1 Å². The number of carbonyl (C=O) groups excluding carboxylic acids is 1. The Kier molecular flexibility index (Phi) is 6.99. The summed E-state index contributed by atoms with van der Waals surface area (Å²) in [5.74, 6) is -0.982. The molecule has 3 N–H and O–H groups in total. The fourth-order valence-corrected chi connectivity index (χ4v) is 2.87. The fourth-order valence-electron chi connectivity index (χ4n) is 2.87. The van der Waals surface area contributed by atoms with Crippen molar-refractivity contribution in [3.8, 4) is 0 Å². The van der Waals surface area contributed by atoms with Crippen LogP contribution in [0.4, 0.5) is 0 Å². The predicted octanol–water partition coefficient (Wildman–Crippen LogP) is 1.91. The van der Waals surface area contributed by atoms with Gasteiger partial charge in [0.15, 0.2) is 0 Å². The van der Waals surface area contributed by atoms with E-state index < -0.39 is 5.97 Å². The lowest BCUT2D eigenvalue weighted by molar-refractivity contribution is -0.143. The first-order valence-corrected chi connectivity index (χ1v) is 7.73. The first-order valence-electron chi connectivity index (χ1n) is 7.73. The highest BCUT2D eigenvalue weighted by Crippen LogP contribution is 2.24. The average molecular weight is 284 g/mol. The number of carboxylic acid groups (broad SMARTS) is 1. The Bertz CT molecular complexity index is 333. The van der Waals surface area contributed by atoms with Gasteiger partial charge in [-0.1, -0.05) is 19.8 Å². The molecule has 0 aromatic carbocycles. The largest absolute Gasteiger partial charge is 0.481 e. The van der Waals surface area contributed by atoms with Crippen LogP contribution >= 0.6 is 0 Å². The number of carbonyl (C=O) groups is 2. The molecule has 0 aliphatic heterocycles. The van der Waals surface area contributed by atoms with E-state index >= 15 is 0 Å². The third kappa shape index (κ3) is 5.49. The molecule has 0 spiro atoms. The van der Waals surface area contributed by atoms with Gasteiger partial charge in [-0.25, -0.2) is 0 Å². The van der Waals surface area contributed by atoms with Crippen LogP contribution in [0, 0.1) is 5.92 Å². The summed E-state index contributed by atoms with van der Waals surface area (Å²) in [7, 11) is 0. The molecular weight excluding hydrogens is 256 g/mol. The number of carboxylic acids is 1. The summed E-state index contributed by atoms with van der Waals surface area (Å²) in [6.07, 6.45) is 5.26. The Balaban J connectivity index is 2.38. The molecule has 1 saturated carbocycles. The Labute approximate surface area is 121 Å². The van der Waals surface area contributed by atoms with Crippen LogP contribution in [0.3, 0.4) is 0 Å². The monoisotopic (exact) mass is 284 g/mol. The molecule has 0 heterocycles. The van der Waals surface area contributed by atoms with Gasteiger partial charge < -0.3 is 15.7 Å². The zero-order valence-corrected chi connectivity index (χ0v) is 12.8. The highest BCUT2D eigenvalue weighted by Gasteiger charge is 2.28. The van der Waals surface area contributed by atoms with E-state index in [1.165, 1.54) is 0 Å².